The molecule has 0 aliphatic rings. The highest BCUT2D eigenvalue weighted by Crippen LogP contribution is 2.17. The number of amides is 1. The van der Waals surface area contributed by atoms with Crippen LogP contribution >= 0.6 is 0 Å². The van der Waals surface area contributed by atoms with Crippen molar-refractivity contribution >= 4 is 11.7 Å². The van der Waals surface area contributed by atoms with Crippen LogP contribution in [0.3, 0.4) is 0 Å². The Labute approximate surface area is 120 Å². The summed E-state index contributed by atoms with van der Waals surface area (Å²) >= 11 is 0. The molecule has 0 bridgehead atoms. The van der Waals surface area contributed by atoms with Crippen LogP contribution in [0.4, 0.5) is 14.6 Å². The number of hydrogen-bond acceptors (Lipinski definition) is 3. The Bertz CT molecular complexity index is 669. The fourth-order valence-electron chi connectivity index (χ4n) is 2.05. The topological polar surface area (TPSA) is 72.9 Å². The Kier molecular flexibility index (Phi) is 4.21. The molecular formula is C14H16F2N4O. The Hall–Kier alpha value is -2.44. The molecule has 1 heterocycles. The van der Waals surface area contributed by atoms with Crippen molar-refractivity contribution in [3.63, 3.8) is 0 Å². The van der Waals surface area contributed by atoms with Crippen LogP contribution in [-0.2, 0) is 11.3 Å². The lowest BCUT2D eigenvalue weighted by Crippen LogP contribution is -2.31. The molecule has 7 heteroatoms. The largest absolute Gasteiger partial charge is 0.384 e. The first-order chi connectivity index (χ1) is 9.86. The standard InChI is InChI=1S/C14H16F2N4O/c1-8-5-13(17)20(19-8)7-14(21)18-9(2)11-4-3-10(15)6-12(11)16/h3-6,9H,7,17H2,1-2H3,(H,18,21). The van der Waals surface area contributed by atoms with Crippen LogP contribution in [0, 0.1) is 18.6 Å². The highest BCUT2D eigenvalue weighted by atomic mass is 19.1. The molecule has 2 rings (SSSR count). The van der Waals surface area contributed by atoms with Crippen LogP contribution in [0.25, 0.3) is 0 Å². The molecule has 5 nitrogen and oxygen atoms in total. The number of hydrogen-bond donors (Lipinski definition) is 2. The predicted molar refractivity (Wildman–Crippen MR) is 74.3 cm³/mol. The lowest BCUT2D eigenvalue weighted by atomic mass is 10.1. The number of benzene rings is 1. The molecular weight excluding hydrogens is 278 g/mol. The number of nitrogens with zero attached hydrogens (tertiary/aromatic N) is 2. The Morgan fingerprint density at radius 2 is 2.14 bits per heavy atom. The Balaban J connectivity index is 2.03. The molecule has 0 saturated heterocycles. The molecule has 1 atom stereocenters. The van der Waals surface area contributed by atoms with Gasteiger partial charge in [-0.2, -0.15) is 5.10 Å². The fourth-order valence-corrected chi connectivity index (χ4v) is 2.05. The maximum atomic E-state index is 13.6. The van der Waals surface area contributed by atoms with E-state index in [1.165, 1.54) is 10.7 Å². The molecule has 2 aromatic rings. The fraction of sp³-hybridized carbons (Fsp3) is 0.286. The summed E-state index contributed by atoms with van der Waals surface area (Å²) in [7, 11) is 0. The quantitative estimate of drug-likeness (QED) is 0.905. The summed E-state index contributed by atoms with van der Waals surface area (Å²) in [4.78, 5) is 11.9. The van der Waals surface area contributed by atoms with Gasteiger partial charge in [0.25, 0.3) is 0 Å². The molecule has 0 aliphatic heterocycles. The molecule has 3 N–H and O–H groups in total. The first kappa shape index (κ1) is 15.0. The van der Waals surface area contributed by atoms with Crippen LogP contribution in [0.5, 0.6) is 0 Å². The number of nitrogens with two attached hydrogens (primary N) is 1. The lowest BCUT2D eigenvalue weighted by Gasteiger charge is -2.15. The highest BCUT2D eigenvalue weighted by molar-refractivity contribution is 5.76. The lowest BCUT2D eigenvalue weighted by molar-refractivity contribution is -0.122. The molecule has 0 fully saturated rings. The van der Waals surface area contributed by atoms with E-state index in [1.54, 1.807) is 19.9 Å². The number of halogens is 2. The van der Waals surface area contributed by atoms with Crippen molar-refractivity contribution in [2.24, 2.45) is 0 Å². The van der Waals surface area contributed by atoms with Gasteiger partial charge in [-0.3, -0.25) is 4.79 Å². The van der Waals surface area contributed by atoms with E-state index in [4.69, 9.17) is 5.73 Å². The van der Waals surface area contributed by atoms with Crippen molar-refractivity contribution in [1.82, 2.24) is 15.1 Å². The maximum absolute atomic E-state index is 13.6. The summed E-state index contributed by atoms with van der Waals surface area (Å²) in [5.41, 5.74) is 6.61. The van der Waals surface area contributed by atoms with Gasteiger partial charge in [-0.1, -0.05) is 6.07 Å². The minimum atomic E-state index is -0.697. The SMILES string of the molecule is Cc1cc(N)n(CC(=O)NC(C)c2ccc(F)cc2F)n1. The van der Waals surface area contributed by atoms with E-state index < -0.39 is 17.7 Å². The van der Waals surface area contributed by atoms with Gasteiger partial charge in [0.05, 0.1) is 11.7 Å². The predicted octanol–water partition coefficient (Wildman–Crippen LogP) is 1.93. The number of aromatic nitrogens is 2. The summed E-state index contributed by atoms with van der Waals surface area (Å²) in [6.45, 7) is 3.32. The Morgan fingerprint density at radius 3 is 2.71 bits per heavy atom. The van der Waals surface area contributed by atoms with E-state index in [-0.39, 0.29) is 18.0 Å². The van der Waals surface area contributed by atoms with E-state index >= 15 is 0 Å². The van der Waals surface area contributed by atoms with Crippen molar-refractivity contribution in [3.8, 4) is 0 Å². The molecule has 1 aromatic carbocycles. The molecule has 1 aromatic heterocycles. The first-order valence-electron chi connectivity index (χ1n) is 6.41. The van der Waals surface area contributed by atoms with Crippen LogP contribution in [0.15, 0.2) is 24.3 Å². The van der Waals surface area contributed by atoms with Crippen molar-refractivity contribution < 1.29 is 13.6 Å². The smallest absolute Gasteiger partial charge is 0.242 e. The number of nitrogens with one attached hydrogen (secondary N) is 1. The zero-order valence-corrected chi connectivity index (χ0v) is 11.7. The Morgan fingerprint density at radius 1 is 1.43 bits per heavy atom. The van der Waals surface area contributed by atoms with E-state index in [2.05, 4.69) is 10.4 Å². The summed E-state index contributed by atoms with van der Waals surface area (Å²) in [6, 6.07) is 4.30. The molecule has 0 aliphatic carbocycles. The number of nitrogen functional groups attached to an aromatic ring is 1. The molecule has 21 heavy (non-hydrogen) atoms. The molecule has 0 saturated carbocycles. The van der Waals surface area contributed by atoms with Crippen molar-refractivity contribution in [2.45, 2.75) is 26.4 Å². The van der Waals surface area contributed by atoms with Gasteiger partial charge in [0, 0.05) is 17.7 Å². The first-order valence-corrected chi connectivity index (χ1v) is 6.41. The molecule has 112 valence electrons. The van der Waals surface area contributed by atoms with Gasteiger partial charge in [0.1, 0.15) is 24.0 Å². The van der Waals surface area contributed by atoms with E-state index in [0.29, 0.717) is 11.5 Å². The number of anilines is 1. The average molecular weight is 294 g/mol. The summed E-state index contributed by atoms with van der Waals surface area (Å²) < 4.78 is 27.8. The van der Waals surface area contributed by atoms with Gasteiger partial charge in [0.15, 0.2) is 0 Å². The average Bonchev–Trinajstić information content (AvgIpc) is 2.67. The number of carbonyl (C=O) groups excluding carboxylic acids is 1. The van der Waals surface area contributed by atoms with E-state index in [0.717, 1.165) is 12.1 Å². The van der Waals surface area contributed by atoms with Crippen LogP contribution in [-0.4, -0.2) is 15.7 Å². The number of aryl methyl sites for hydroxylation is 1. The third-order valence-corrected chi connectivity index (χ3v) is 3.03. The van der Waals surface area contributed by atoms with E-state index in [1.807, 2.05) is 0 Å². The van der Waals surface area contributed by atoms with Crippen molar-refractivity contribution in [1.29, 1.82) is 0 Å². The summed E-state index contributed by atoms with van der Waals surface area (Å²) in [5.74, 6) is -1.34. The van der Waals surface area contributed by atoms with Gasteiger partial charge in [-0.05, 0) is 19.9 Å². The van der Waals surface area contributed by atoms with Gasteiger partial charge in [0.2, 0.25) is 5.91 Å². The number of rotatable bonds is 4. The molecule has 1 unspecified atom stereocenters. The second kappa shape index (κ2) is 5.90. The summed E-state index contributed by atoms with van der Waals surface area (Å²) in [5, 5.41) is 6.69. The van der Waals surface area contributed by atoms with Gasteiger partial charge in [-0.25, -0.2) is 13.5 Å². The maximum Gasteiger partial charge on any atom is 0.242 e. The van der Waals surface area contributed by atoms with Crippen molar-refractivity contribution in [3.05, 3.63) is 47.2 Å². The number of carbonyl (C=O) groups is 1. The van der Waals surface area contributed by atoms with Crippen molar-refractivity contribution in [2.75, 3.05) is 5.73 Å². The van der Waals surface area contributed by atoms with Gasteiger partial charge >= 0.3 is 0 Å². The minimum Gasteiger partial charge on any atom is -0.384 e. The van der Waals surface area contributed by atoms with Crippen LogP contribution in [0.1, 0.15) is 24.2 Å². The second-order valence-corrected chi connectivity index (χ2v) is 4.82. The van der Waals surface area contributed by atoms with Gasteiger partial charge < -0.3 is 11.1 Å². The van der Waals surface area contributed by atoms with E-state index in [9.17, 15) is 13.6 Å². The minimum absolute atomic E-state index is 0.0627. The second-order valence-electron chi connectivity index (χ2n) is 4.82. The van der Waals surface area contributed by atoms with Gasteiger partial charge in [-0.15, -0.1) is 0 Å². The third-order valence-electron chi connectivity index (χ3n) is 3.03. The van der Waals surface area contributed by atoms with Crippen LogP contribution < -0.4 is 11.1 Å². The zero-order valence-electron chi connectivity index (χ0n) is 11.7. The normalized spacial score (nSPS) is 12.2. The highest BCUT2D eigenvalue weighted by Gasteiger charge is 2.15. The monoisotopic (exact) mass is 294 g/mol. The molecule has 1 amide bonds. The third kappa shape index (κ3) is 3.56. The van der Waals surface area contributed by atoms with Crippen LogP contribution in [0.2, 0.25) is 0 Å². The zero-order chi connectivity index (χ0) is 15.6. The molecule has 0 radical (unpaired) electrons. The summed E-state index contributed by atoms with van der Waals surface area (Å²) in [6.07, 6.45) is 0. The molecule has 0 spiro atoms.